The zero-order valence-corrected chi connectivity index (χ0v) is 13.4. The maximum Gasteiger partial charge on any atom is 0.494 e. The molecule has 0 aliphatic carbocycles. The smallest absolute Gasteiger partial charge is 0.493 e. The summed E-state index contributed by atoms with van der Waals surface area (Å²) in [6, 6.07) is 5.29. The number of rotatable bonds is 3. The third kappa shape index (κ3) is 3.06. The molecule has 1 aliphatic heterocycles. The molecule has 1 aromatic carbocycles. The van der Waals surface area contributed by atoms with Crippen LogP contribution in [0.5, 0.6) is 11.5 Å². The molecule has 1 heterocycles. The molecule has 1 aromatic rings. The predicted octanol–water partition coefficient (Wildman–Crippen LogP) is 1.92. The van der Waals surface area contributed by atoms with Gasteiger partial charge in [0.1, 0.15) is 0 Å². The molecule has 1 saturated heterocycles. The Hall–Kier alpha value is -1.53. The number of hydrogen-bond acceptors (Lipinski definition) is 5. The molecule has 0 saturated carbocycles. The second-order valence-corrected chi connectivity index (χ2v) is 6.09. The molecule has 6 heteroatoms. The molecule has 0 unspecified atom stereocenters. The van der Waals surface area contributed by atoms with Gasteiger partial charge in [-0.2, -0.15) is 0 Å². The molecule has 0 atom stereocenters. The highest BCUT2D eigenvalue weighted by Gasteiger charge is 2.51. The summed E-state index contributed by atoms with van der Waals surface area (Å²) >= 11 is 0. The maximum absolute atomic E-state index is 11.2. The van der Waals surface area contributed by atoms with Gasteiger partial charge >= 0.3 is 13.1 Å². The molecular weight excluding hydrogens is 271 g/mol. The molecule has 21 heavy (non-hydrogen) atoms. The second kappa shape index (κ2) is 5.35. The number of ether oxygens (including phenoxy) is 2. The van der Waals surface area contributed by atoms with Crippen LogP contribution < -0.4 is 14.9 Å². The monoisotopic (exact) mass is 292 g/mol. The Bertz CT molecular complexity index is 537. The number of methoxy groups -OCH3 is 1. The normalized spacial score (nSPS) is 19.4. The van der Waals surface area contributed by atoms with Gasteiger partial charge in [0, 0.05) is 6.92 Å². The fraction of sp³-hybridized carbons (Fsp3) is 0.533. The first kappa shape index (κ1) is 15.9. The Morgan fingerprint density at radius 1 is 1.10 bits per heavy atom. The Balaban J connectivity index is 2.32. The quantitative estimate of drug-likeness (QED) is 0.484. The average molecular weight is 292 g/mol. The van der Waals surface area contributed by atoms with E-state index >= 15 is 0 Å². The summed E-state index contributed by atoms with van der Waals surface area (Å²) in [7, 11) is 1.02. The summed E-state index contributed by atoms with van der Waals surface area (Å²) in [6.07, 6.45) is 0. The van der Waals surface area contributed by atoms with Crippen LogP contribution >= 0.6 is 0 Å². The zero-order valence-electron chi connectivity index (χ0n) is 13.4. The van der Waals surface area contributed by atoms with Crippen LogP contribution in [0.15, 0.2) is 18.2 Å². The minimum absolute atomic E-state index is 0.359. The lowest BCUT2D eigenvalue weighted by Gasteiger charge is -2.32. The third-order valence-electron chi connectivity index (χ3n) is 3.97. The summed E-state index contributed by atoms with van der Waals surface area (Å²) in [5, 5.41) is 0. The Morgan fingerprint density at radius 2 is 1.67 bits per heavy atom. The van der Waals surface area contributed by atoms with E-state index in [4.69, 9.17) is 18.8 Å². The number of esters is 1. The zero-order chi connectivity index (χ0) is 15.8. The first-order valence-corrected chi connectivity index (χ1v) is 6.88. The maximum atomic E-state index is 11.2. The van der Waals surface area contributed by atoms with E-state index in [-0.39, 0.29) is 0 Å². The van der Waals surface area contributed by atoms with Crippen molar-refractivity contribution in [3.63, 3.8) is 0 Å². The van der Waals surface area contributed by atoms with E-state index in [0.717, 1.165) is 5.46 Å². The van der Waals surface area contributed by atoms with Crippen LogP contribution in [0.25, 0.3) is 0 Å². The lowest BCUT2D eigenvalue weighted by atomic mass is 9.79. The van der Waals surface area contributed by atoms with E-state index in [1.54, 1.807) is 12.1 Å². The molecule has 1 aliphatic rings. The van der Waals surface area contributed by atoms with Gasteiger partial charge in [-0.05, 0) is 45.3 Å². The fourth-order valence-corrected chi connectivity index (χ4v) is 2.05. The van der Waals surface area contributed by atoms with Gasteiger partial charge in [-0.15, -0.1) is 0 Å². The molecular formula is C15H21BO5. The molecule has 0 aromatic heterocycles. The standard InChI is InChI=1S/C15H21BO5/c1-10(17)19-13-9-11(7-8-12(13)18-6)16-20-14(2,3)15(4,5)21-16/h7-9H,1-6H3. The number of hydrogen-bond donors (Lipinski definition) is 0. The topological polar surface area (TPSA) is 54.0 Å². The van der Waals surface area contributed by atoms with Crippen molar-refractivity contribution in [3.8, 4) is 11.5 Å². The SMILES string of the molecule is COc1ccc(B2OC(C)(C)C(C)(C)O2)cc1OC(C)=O. The van der Waals surface area contributed by atoms with Crippen molar-refractivity contribution in [3.05, 3.63) is 18.2 Å². The van der Waals surface area contributed by atoms with E-state index < -0.39 is 24.3 Å². The van der Waals surface area contributed by atoms with Gasteiger partial charge in [0.25, 0.3) is 0 Å². The molecule has 0 spiro atoms. The van der Waals surface area contributed by atoms with E-state index in [9.17, 15) is 4.79 Å². The van der Waals surface area contributed by atoms with E-state index in [2.05, 4.69) is 0 Å². The Kier molecular flexibility index (Phi) is 4.04. The minimum Gasteiger partial charge on any atom is -0.493 e. The van der Waals surface area contributed by atoms with Crippen LogP contribution in [-0.2, 0) is 14.1 Å². The van der Waals surface area contributed by atoms with Crippen LogP contribution in [0.3, 0.4) is 0 Å². The lowest BCUT2D eigenvalue weighted by molar-refractivity contribution is -0.132. The van der Waals surface area contributed by atoms with Crippen LogP contribution in [0.4, 0.5) is 0 Å². The van der Waals surface area contributed by atoms with E-state index in [0.29, 0.717) is 11.5 Å². The molecule has 2 rings (SSSR count). The highest BCUT2D eigenvalue weighted by molar-refractivity contribution is 6.62. The highest BCUT2D eigenvalue weighted by atomic mass is 16.7. The van der Waals surface area contributed by atoms with E-state index in [1.807, 2.05) is 33.8 Å². The van der Waals surface area contributed by atoms with Gasteiger partial charge in [0.05, 0.1) is 18.3 Å². The molecule has 0 amide bonds. The van der Waals surface area contributed by atoms with Crippen LogP contribution in [0.1, 0.15) is 34.6 Å². The summed E-state index contributed by atoms with van der Waals surface area (Å²) in [5.74, 6) is 0.446. The van der Waals surface area contributed by atoms with Crippen molar-refractivity contribution in [1.82, 2.24) is 0 Å². The molecule has 114 valence electrons. The van der Waals surface area contributed by atoms with Crippen molar-refractivity contribution >= 4 is 18.6 Å². The molecule has 0 N–H and O–H groups in total. The Morgan fingerprint density at radius 3 is 2.14 bits per heavy atom. The van der Waals surface area contributed by atoms with E-state index in [1.165, 1.54) is 14.0 Å². The lowest BCUT2D eigenvalue weighted by Crippen LogP contribution is -2.41. The second-order valence-electron chi connectivity index (χ2n) is 6.09. The van der Waals surface area contributed by atoms with Crippen LogP contribution in [-0.4, -0.2) is 31.4 Å². The van der Waals surface area contributed by atoms with Gasteiger partial charge in [0.15, 0.2) is 11.5 Å². The summed E-state index contributed by atoms with van der Waals surface area (Å²) in [6.45, 7) is 9.31. The van der Waals surface area contributed by atoms with Gasteiger partial charge in [-0.3, -0.25) is 4.79 Å². The number of benzene rings is 1. The van der Waals surface area contributed by atoms with Gasteiger partial charge < -0.3 is 18.8 Å². The largest absolute Gasteiger partial charge is 0.494 e. The number of carbonyl (C=O) groups excluding carboxylic acids is 1. The van der Waals surface area contributed by atoms with Crippen molar-refractivity contribution in [2.24, 2.45) is 0 Å². The van der Waals surface area contributed by atoms with Gasteiger partial charge in [0.2, 0.25) is 0 Å². The summed E-state index contributed by atoms with van der Waals surface area (Å²) < 4.78 is 22.3. The van der Waals surface area contributed by atoms with Crippen molar-refractivity contribution in [1.29, 1.82) is 0 Å². The van der Waals surface area contributed by atoms with Crippen LogP contribution in [0, 0.1) is 0 Å². The van der Waals surface area contributed by atoms with Gasteiger partial charge in [-0.1, -0.05) is 6.07 Å². The van der Waals surface area contributed by atoms with Gasteiger partial charge in [-0.25, -0.2) is 0 Å². The fourth-order valence-electron chi connectivity index (χ4n) is 2.05. The number of carbonyl (C=O) groups is 1. The molecule has 0 radical (unpaired) electrons. The Labute approximate surface area is 125 Å². The van der Waals surface area contributed by atoms with Crippen molar-refractivity contribution in [2.45, 2.75) is 45.8 Å². The highest BCUT2D eigenvalue weighted by Crippen LogP contribution is 2.37. The predicted molar refractivity (Wildman–Crippen MR) is 80.0 cm³/mol. The average Bonchev–Trinajstić information content (AvgIpc) is 2.57. The van der Waals surface area contributed by atoms with Crippen molar-refractivity contribution in [2.75, 3.05) is 7.11 Å². The minimum atomic E-state index is -0.504. The summed E-state index contributed by atoms with van der Waals surface area (Å²) in [4.78, 5) is 11.2. The molecule has 0 bridgehead atoms. The molecule has 1 fully saturated rings. The first-order chi connectivity index (χ1) is 9.66. The van der Waals surface area contributed by atoms with Crippen molar-refractivity contribution < 1.29 is 23.6 Å². The molecule has 5 nitrogen and oxygen atoms in total. The first-order valence-electron chi connectivity index (χ1n) is 6.88. The third-order valence-corrected chi connectivity index (χ3v) is 3.97. The summed E-state index contributed by atoms with van der Waals surface area (Å²) in [5.41, 5.74) is -0.0519. The van der Waals surface area contributed by atoms with Crippen LogP contribution in [0.2, 0.25) is 0 Å².